The lowest BCUT2D eigenvalue weighted by atomic mass is 10.2. The van der Waals surface area contributed by atoms with Crippen molar-refractivity contribution in [2.75, 3.05) is 13.7 Å². The number of ether oxygens (including phenoxy) is 1. The second-order valence-electron chi connectivity index (χ2n) is 3.75. The van der Waals surface area contributed by atoms with Gasteiger partial charge in [-0.15, -0.1) is 6.58 Å². The van der Waals surface area contributed by atoms with E-state index in [1.165, 1.54) is 0 Å². The van der Waals surface area contributed by atoms with E-state index in [9.17, 15) is 0 Å². The molecular weight excluding hydrogens is 212 g/mol. The maximum absolute atomic E-state index is 5.31. The molecule has 3 nitrogen and oxygen atoms in total. The van der Waals surface area contributed by atoms with Gasteiger partial charge in [-0.05, 0) is 12.1 Å². The van der Waals surface area contributed by atoms with Crippen LogP contribution in [0.2, 0.25) is 0 Å². The summed E-state index contributed by atoms with van der Waals surface area (Å²) in [5, 5.41) is 4.33. The van der Waals surface area contributed by atoms with Crippen LogP contribution in [0, 0.1) is 0 Å². The Hall–Kier alpha value is -1.87. The lowest BCUT2D eigenvalue weighted by Crippen LogP contribution is -2.13. The molecule has 2 aromatic rings. The largest absolute Gasteiger partial charge is 0.494 e. The number of hydrogen-bond acceptors (Lipinski definition) is 3. The van der Waals surface area contributed by atoms with Gasteiger partial charge in [0.2, 0.25) is 0 Å². The fraction of sp³-hybridized carbons (Fsp3) is 0.214. The van der Waals surface area contributed by atoms with Crippen LogP contribution in [0.25, 0.3) is 10.9 Å². The van der Waals surface area contributed by atoms with Crippen LogP contribution in [0.5, 0.6) is 5.75 Å². The van der Waals surface area contributed by atoms with Gasteiger partial charge in [0.05, 0.1) is 12.8 Å². The van der Waals surface area contributed by atoms with Crippen molar-refractivity contribution in [3.05, 3.63) is 48.7 Å². The van der Waals surface area contributed by atoms with Crippen LogP contribution in [0.3, 0.4) is 0 Å². The Morgan fingerprint density at radius 3 is 3.00 bits per heavy atom. The van der Waals surface area contributed by atoms with Crippen LogP contribution in [-0.2, 0) is 6.54 Å². The quantitative estimate of drug-likeness (QED) is 0.630. The van der Waals surface area contributed by atoms with Crippen molar-refractivity contribution >= 4 is 10.9 Å². The summed E-state index contributed by atoms with van der Waals surface area (Å²) in [4.78, 5) is 4.60. The number of nitrogens with zero attached hydrogens (tertiary/aromatic N) is 1. The molecule has 0 amide bonds. The average molecular weight is 228 g/mol. The van der Waals surface area contributed by atoms with Crippen LogP contribution >= 0.6 is 0 Å². The van der Waals surface area contributed by atoms with Crippen LogP contribution < -0.4 is 10.1 Å². The maximum atomic E-state index is 5.31. The fourth-order valence-electron chi connectivity index (χ4n) is 1.73. The zero-order chi connectivity index (χ0) is 12.1. The predicted octanol–water partition coefficient (Wildman–Crippen LogP) is 2.52. The molecular formula is C14H16N2O. The summed E-state index contributed by atoms with van der Waals surface area (Å²) < 4.78 is 5.31. The molecule has 17 heavy (non-hydrogen) atoms. The van der Waals surface area contributed by atoms with Crippen LogP contribution in [0.4, 0.5) is 0 Å². The zero-order valence-electron chi connectivity index (χ0n) is 9.94. The monoisotopic (exact) mass is 228 g/mol. The highest BCUT2D eigenvalue weighted by molar-refractivity contribution is 5.84. The second-order valence-corrected chi connectivity index (χ2v) is 3.75. The number of fused-ring (bicyclic) bond motifs is 1. The number of pyridine rings is 1. The highest BCUT2D eigenvalue weighted by atomic mass is 16.5. The van der Waals surface area contributed by atoms with E-state index < -0.39 is 0 Å². The van der Waals surface area contributed by atoms with Gasteiger partial charge in [0.1, 0.15) is 11.3 Å². The highest BCUT2D eigenvalue weighted by Crippen LogP contribution is 2.23. The van der Waals surface area contributed by atoms with Crippen LogP contribution in [-0.4, -0.2) is 18.6 Å². The Morgan fingerprint density at radius 2 is 2.24 bits per heavy atom. The third-order valence-electron chi connectivity index (χ3n) is 2.56. The van der Waals surface area contributed by atoms with Crippen molar-refractivity contribution in [3.63, 3.8) is 0 Å². The van der Waals surface area contributed by atoms with Gasteiger partial charge in [0, 0.05) is 18.5 Å². The molecule has 0 spiro atoms. The first-order valence-electron chi connectivity index (χ1n) is 5.59. The highest BCUT2D eigenvalue weighted by Gasteiger charge is 2.03. The lowest BCUT2D eigenvalue weighted by molar-refractivity contribution is 0.419. The van der Waals surface area contributed by atoms with Gasteiger partial charge < -0.3 is 10.1 Å². The fourth-order valence-corrected chi connectivity index (χ4v) is 1.73. The minimum Gasteiger partial charge on any atom is -0.494 e. The van der Waals surface area contributed by atoms with E-state index in [4.69, 9.17) is 4.74 Å². The van der Waals surface area contributed by atoms with Crippen LogP contribution in [0.1, 0.15) is 5.69 Å². The predicted molar refractivity (Wildman–Crippen MR) is 70.2 cm³/mol. The molecule has 0 aliphatic carbocycles. The molecule has 0 atom stereocenters. The zero-order valence-corrected chi connectivity index (χ0v) is 9.94. The third-order valence-corrected chi connectivity index (χ3v) is 2.56. The molecule has 0 aliphatic heterocycles. The number of para-hydroxylation sites is 1. The molecule has 1 N–H and O–H groups in total. The molecule has 1 aromatic heterocycles. The molecule has 88 valence electrons. The first kappa shape index (κ1) is 11.6. The van der Waals surface area contributed by atoms with Crippen molar-refractivity contribution in [1.82, 2.24) is 10.3 Å². The first-order valence-corrected chi connectivity index (χ1v) is 5.59. The molecule has 0 bridgehead atoms. The number of rotatable bonds is 5. The molecule has 3 heteroatoms. The Balaban J connectivity index is 2.31. The van der Waals surface area contributed by atoms with E-state index in [-0.39, 0.29) is 0 Å². The van der Waals surface area contributed by atoms with Crippen molar-refractivity contribution in [2.24, 2.45) is 0 Å². The first-order chi connectivity index (χ1) is 8.35. The van der Waals surface area contributed by atoms with Gasteiger partial charge >= 0.3 is 0 Å². The van der Waals surface area contributed by atoms with Gasteiger partial charge in [0.15, 0.2) is 0 Å². The lowest BCUT2D eigenvalue weighted by Gasteiger charge is -2.07. The number of aromatic nitrogens is 1. The van der Waals surface area contributed by atoms with E-state index in [0.717, 1.165) is 35.4 Å². The summed E-state index contributed by atoms with van der Waals surface area (Å²) in [6.07, 6.45) is 1.83. The van der Waals surface area contributed by atoms with Crippen molar-refractivity contribution < 1.29 is 4.74 Å². The SMILES string of the molecule is C=CCNCc1ccc2cccc(OC)c2n1. The summed E-state index contributed by atoms with van der Waals surface area (Å²) in [6, 6.07) is 10.0. The van der Waals surface area contributed by atoms with Crippen molar-refractivity contribution in [2.45, 2.75) is 6.54 Å². The summed E-state index contributed by atoms with van der Waals surface area (Å²) in [7, 11) is 1.67. The summed E-state index contributed by atoms with van der Waals surface area (Å²) in [6.45, 7) is 5.19. The van der Waals surface area contributed by atoms with Gasteiger partial charge in [0.25, 0.3) is 0 Å². The van der Waals surface area contributed by atoms with Crippen molar-refractivity contribution in [1.29, 1.82) is 0 Å². The average Bonchev–Trinajstić information content (AvgIpc) is 2.38. The minimum absolute atomic E-state index is 0.736. The molecule has 0 saturated carbocycles. The molecule has 0 unspecified atom stereocenters. The molecule has 0 saturated heterocycles. The van der Waals surface area contributed by atoms with E-state index in [0.29, 0.717) is 0 Å². The summed E-state index contributed by atoms with van der Waals surface area (Å²) in [5.41, 5.74) is 1.91. The third kappa shape index (κ3) is 2.63. The van der Waals surface area contributed by atoms with Crippen LogP contribution in [0.15, 0.2) is 43.0 Å². The summed E-state index contributed by atoms with van der Waals surface area (Å²) in [5.74, 6) is 0.813. The topological polar surface area (TPSA) is 34.1 Å². The molecule has 0 fully saturated rings. The Bertz CT molecular complexity index is 523. The van der Waals surface area contributed by atoms with Gasteiger partial charge in [-0.1, -0.05) is 24.3 Å². The second kappa shape index (κ2) is 5.46. The summed E-state index contributed by atoms with van der Waals surface area (Å²) >= 11 is 0. The Labute approximate surface area is 101 Å². The number of benzene rings is 1. The van der Waals surface area contributed by atoms with Gasteiger partial charge in [-0.3, -0.25) is 0 Å². The number of hydrogen-bond donors (Lipinski definition) is 1. The minimum atomic E-state index is 0.736. The molecule has 2 rings (SSSR count). The molecule has 1 heterocycles. The normalized spacial score (nSPS) is 10.4. The smallest absolute Gasteiger partial charge is 0.145 e. The Kier molecular flexibility index (Phi) is 3.73. The van der Waals surface area contributed by atoms with E-state index in [1.54, 1.807) is 7.11 Å². The maximum Gasteiger partial charge on any atom is 0.145 e. The van der Waals surface area contributed by atoms with E-state index in [1.807, 2.05) is 30.3 Å². The number of methoxy groups -OCH3 is 1. The Morgan fingerprint density at radius 1 is 1.35 bits per heavy atom. The standard InChI is InChI=1S/C14H16N2O/c1-3-9-15-10-12-8-7-11-5-4-6-13(17-2)14(11)16-12/h3-8,15H,1,9-10H2,2H3. The van der Waals surface area contributed by atoms with Gasteiger partial charge in [-0.25, -0.2) is 4.98 Å². The molecule has 0 aliphatic rings. The van der Waals surface area contributed by atoms with E-state index >= 15 is 0 Å². The van der Waals surface area contributed by atoms with Crippen molar-refractivity contribution in [3.8, 4) is 5.75 Å². The molecule has 0 radical (unpaired) electrons. The van der Waals surface area contributed by atoms with E-state index in [2.05, 4.69) is 22.9 Å². The number of nitrogens with one attached hydrogen (secondary N) is 1. The molecule has 1 aromatic carbocycles. The van der Waals surface area contributed by atoms with Gasteiger partial charge in [-0.2, -0.15) is 0 Å².